The lowest BCUT2D eigenvalue weighted by atomic mass is 9.97. The van der Waals surface area contributed by atoms with Crippen molar-refractivity contribution in [1.82, 2.24) is 25.0 Å². The molecule has 2 aliphatic heterocycles. The number of benzene rings is 1. The van der Waals surface area contributed by atoms with Crippen LogP contribution in [0, 0.1) is 18.7 Å². The van der Waals surface area contributed by atoms with Crippen LogP contribution in [0.1, 0.15) is 56.8 Å². The van der Waals surface area contributed by atoms with E-state index in [0.717, 1.165) is 24.2 Å². The summed E-state index contributed by atoms with van der Waals surface area (Å²) in [5.74, 6) is 2.29. The maximum absolute atomic E-state index is 14.4. The van der Waals surface area contributed by atoms with Crippen LogP contribution in [0.2, 0.25) is 0 Å². The van der Waals surface area contributed by atoms with Gasteiger partial charge in [-0.05, 0) is 56.7 Å². The lowest BCUT2D eigenvalue weighted by Crippen LogP contribution is -2.11. The van der Waals surface area contributed by atoms with E-state index in [1.54, 1.807) is 10.9 Å². The molecule has 4 rings (SSSR count). The van der Waals surface area contributed by atoms with Crippen molar-refractivity contribution >= 4 is 0 Å². The molecular formula is C21H26FN5O. The SMILES string of the molecule is CCCC(c1nc2nn(CC)nc(-c3cc(F)c(OC)cc3C)c-2n1)C1CC1. The van der Waals surface area contributed by atoms with Crippen LogP contribution in [-0.2, 0) is 6.54 Å². The molecule has 0 bridgehead atoms. The number of hydrogen-bond donors (Lipinski definition) is 0. The monoisotopic (exact) mass is 383 g/mol. The molecule has 0 radical (unpaired) electrons. The Bertz CT molecular complexity index is 966. The summed E-state index contributed by atoms with van der Waals surface area (Å²) in [4.78, 5) is 11.2. The van der Waals surface area contributed by atoms with Crippen molar-refractivity contribution in [3.63, 3.8) is 0 Å². The van der Waals surface area contributed by atoms with E-state index in [0.29, 0.717) is 41.2 Å². The number of imidazole rings is 1. The fourth-order valence-electron chi connectivity index (χ4n) is 3.81. The quantitative estimate of drug-likeness (QED) is 0.596. The molecule has 1 unspecified atom stereocenters. The van der Waals surface area contributed by atoms with Crippen molar-refractivity contribution < 1.29 is 9.13 Å². The third-order valence-corrected chi connectivity index (χ3v) is 5.47. The van der Waals surface area contributed by atoms with Gasteiger partial charge in [0.1, 0.15) is 17.2 Å². The van der Waals surface area contributed by atoms with E-state index in [2.05, 4.69) is 17.1 Å². The summed E-state index contributed by atoms with van der Waals surface area (Å²) in [5, 5.41) is 9.14. The maximum Gasteiger partial charge on any atom is 0.204 e. The van der Waals surface area contributed by atoms with Gasteiger partial charge in [0.25, 0.3) is 0 Å². The fourth-order valence-corrected chi connectivity index (χ4v) is 3.81. The highest BCUT2D eigenvalue weighted by atomic mass is 19.1. The van der Waals surface area contributed by atoms with Crippen molar-refractivity contribution in [2.24, 2.45) is 5.92 Å². The van der Waals surface area contributed by atoms with E-state index in [1.807, 2.05) is 13.8 Å². The van der Waals surface area contributed by atoms with Crippen LogP contribution in [0.3, 0.4) is 0 Å². The van der Waals surface area contributed by atoms with Crippen LogP contribution in [0.15, 0.2) is 12.1 Å². The minimum atomic E-state index is -0.417. The Hall–Kier alpha value is -2.57. The van der Waals surface area contributed by atoms with E-state index >= 15 is 0 Å². The first-order valence-electron chi connectivity index (χ1n) is 10.0. The normalized spacial score (nSPS) is 15.2. The Morgan fingerprint density at radius 1 is 1.18 bits per heavy atom. The Labute approximate surface area is 164 Å². The van der Waals surface area contributed by atoms with Gasteiger partial charge in [-0.2, -0.15) is 9.90 Å². The molecule has 1 saturated carbocycles. The van der Waals surface area contributed by atoms with Gasteiger partial charge < -0.3 is 4.74 Å². The van der Waals surface area contributed by atoms with Crippen LogP contribution >= 0.6 is 0 Å². The number of methoxy groups -OCH3 is 1. The molecule has 0 spiro atoms. The van der Waals surface area contributed by atoms with Gasteiger partial charge in [-0.1, -0.05) is 13.3 Å². The van der Waals surface area contributed by atoms with Crippen LogP contribution in [-0.4, -0.2) is 32.1 Å². The Morgan fingerprint density at radius 2 is 1.96 bits per heavy atom. The zero-order valence-electron chi connectivity index (χ0n) is 16.9. The summed E-state index contributed by atoms with van der Waals surface area (Å²) < 4.78 is 19.5. The molecule has 2 heterocycles. The van der Waals surface area contributed by atoms with E-state index in [9.17, 15) is 4.39 Å². The van der Waals surface area contributed by atoms with Crippen LogP contribution in [0.4, 0.5) is 4.39 Å². The first kappa shape index (κ1) is 18.8. The molecule has 1 aliphatic carbocycles. The largest absolute Gasteiger partial charge is 0.494 e. The number of aryl methyl sites for hydroxylation is 2. The van der Waals surface area contributed by atoms with Gasteiger partial charge in [0.05, 0.1) is 13.7 Å². The maximum atomic E-state index is 14.4. The molecule has 0 N–H and O–H groups in total. The molecule has 7 heteroatoms. The minimum absolute atomic E-state index is 0.223. The van der Waals surface area contributed by atoms with Crippen LogP contribution in [0.5, 0.6) is 5.75 Å². The lowest BCUT2D eigenvalue weighted by Gasteiger charge is -2.12. The number of hydrogen-bond acceptors (Lipinski definition) is 5. The Morgan fingerprint density at radius 3 is 2.61 bits per heavy atom. The standard InChI is InChI=1S/C21H26FN5O/c1-5-7-14(13-8-9-13)20-23-19-18(25-27(6-2)26-21(19)24-20)15-11-16(22)17(28-4)10-12(15)3/h10-11,13-14H,5-9H2,1-4H3. The van der Waals surface area contributed by atoms with Gasteiger partial charge >= 0.3 is 0 Å². The summed E-state index contributed by atoms with van der Waals surface area (Å²) in [6, 6.07) is 3.16. The number of ether oxygens (including phenoxy) is 1. The number of nitrogens with zero attached hydrogens (tertiary/aromatic N) is 5. The van der Waals surface area contributed by atoms with Gasteiger partial charge in [-0.15, -0.1) is 5.10 Å². The van der Waals surface area contributed by atoms with Crippen LogP contribution in [0.25, 0.3) is 22.8 Å². The molecule has 1 fully saturated rings. The second-order valence-electron chi connectivity index (χ2n) is 7.53. The molecule has 1 aromatic rings. The summed E-state index contributed by atoms with van der Waals surface area (Å²) in [6.07, 6.45) is 4.66. The molecule has 0 aromatic heterocycles. The van der Waals surface area contributed by atoms with Gasteiger partial charge in [0.15, 0.2) is 11.6 Å². The molecule has 0 saturated heterocycles. The van der Waals surface area contributed by atoms with Crippen molar-refractivity contribution in [3.8, 4) is 28.5 Å². The Balaban J connectivity index is 1.87. The zero-order valence-corrected chi connectivity index (χ0v) is 16.9. The number of halogens is 1. The molecule has 1 atom stereocenters. The van der Waals surface area contributed by atoms with Gasteiger partial charge in [0, 0.05) is 11.5 Å². The minimum Gasteiger partial charge on any atom is -0.494 e. The number of aromatic nitrogens is 5. The average molecular weight is 383 g/mol. The van der Waals surface area contributed by atoms with E-state index < -0.39 is 5.82 Å². The van der Waals surface area contributed by atoms with E-state index in [4.69, 9.17) is 14.7 Å². The third kappa shape index (κ3) is 3.34. The fraction of sp³-hybridized carbons (Fsp3) is 0.524. The highest BCUT2D eigenvalue weighted by Crippen LogP contribution is 2.45. The first-order valence-corrected chi connectivity index (χ1v) is 10.0. The molecule has 0 amide bonds. The summed E-state index contributed by atoms with van der Waals surface area (Å²) in [6.45, 7) is 6.68. The lowest BCUT2D eigenvalue weighted by molar-refractivity contribution is 0.386. The summed E-state index contributed by atoms with van der Waals surface area (Å²) >= 11 is 0. The number of fused-ring (bicyclic) bond motifs is 1. The smallest absolute Gasteiger partial charge is 0.204 e. The second kappa shape index (κ2) is 7.45. The predicted octanol–water partition coefficient (Wildman–Crippen LogP) is 4.61. The van der Waals surface area contributed by atoms with Crippen molar-refractivity contribution in [3.05, 3.63) is 29.3 Å². The molecule has 28 heavy (non-hydrogen) atoms. The molecular weight excluding hydrogens is 357 g/mol. The Kier molecular flexibility index (Phi) is 5.00. The van der Waals surface area contributed by atoms with Crippen molar-refractivity contribution in [2.45, 2.75) is 58.9 Å². The zero-order chi connectivity index (χ0) is 19.8. The predicted molar refractivity (Wildman–Crippen MR) is 105 cm³/mol. The molecule has 148 valence electrons. The first-order chi connectivity index (χ1) is 13.5. The van der Waals surface area contributed by atoms with Crippen molar-refractivity contribution in [1.29, 1.82) is 0 Å². The van der Waals surface area contributed by atoms with Gasteiger partial charge in [0.2, 0.25) is 5.82 Å². The second-order valence-corrected chi connectivity index (χ2v) is 7.53. The highest BCUT2D eigenvalue weighted by molar-refractivity contribution is 5.77. The topological polar surface area (TPSA) is 65.7 Å². The van der Waals surface area contributed by atoms with E-state index in [1.165, 1.54) is 26.0 Å². The van der Waals surface area contributed by atoms with Gasteiger partial charge in [-0.3, -0.25) is 0 Å². The highest BCUT2D eigenvalue weighted by Gasteiger charge is 2.35. The number of rotatable bonds is 7. The molecule has 6 nitrogen and oxygen atoms in total. The average Bonchev–Trinajstić information content (AvgIpc) is 3.44. The third-order valence-electron chi connectivity index (χ3n) is 5.47. The van der Waals surface area contributed by atoms with Crippen LogP contribution < -0.4 is 4.74 Å². The van der Waals surface area contributed by atoms with Gasteiger partial charge in [-0.25, -0.2) is 14.4 Å². The molecule has 1 aromatic carbocycles. The van der Waals surface area contributed by atoms with Crippen molar-refractivity contribution in [2.75, 3.05) is 7.11 Å². The summed E-state index contributed by atoms with van der Waals surface area (Å²) in [7, 11) is 1.46. The summed E-state index contributed by atoms with van der Waals surface area (Å²) in [5.41, 5.74) is 2.83. The van der Waals surface area contributed by atoms with E-state index in [-0.39, 0.29) is 5.75 Å². The molecule has 3 aliphatic rings.